The van der Waals surface area contributed by atoms with Gasteiger partial charge in [-0.2, -0.15) is 0 Å². The number of H-pyrrole nitrogens is 1. The molecule has 2 heterocycles. The second-order valence-corrected chi connectivity index (χ2v) is 5.51. The lowest BCUT2D eigenvalue weighted by Gasteiger charge is -2.34. The summed E-state index contributed by atoms with van der Waals surface area (Å²) >= 11 is 0. The summed E-state index contributed by atoms with van der Waals surface area (Å²) in [7, 11) is 0. The highest BCUT2D eigenvalue weighted by molar-refractivity contribution is 5.82. The number of likely N-dealkylation sites (tertiary alicyclic amines) is 1. The van der Waals surface area contributed by atoms with Crippen LogP contribution in [0.15, 0.2) is 12.4 Å². The van der Waals surface area contributed by atoms with Gasteiger partial charge in [0.05, 0.1) is 6.04 Å². The minimum Gasteiger partial charge on any atom is -0.348 e. The van der Waals surface area contributed by atoms with Gasteiger partial charge >= 0.3 is 0 Å². The molecular formula is C14H24N4O. The maximum Gasteiger partial charge on any atom is 0.239 e. The normalized spacial score (nSPS) is 23.1. The van der Waals surface area contributed by atoms with Crippen LogP contribution in [0, 0.1) is 5.92 Å². The SMILES string of the molecule is CCC(C)[C@H](N)C(=O)N1CCCC(c2ncc[nH]2)C1. The van der Waals surface area contributed by atoms with Gasteiger partial charge in [0, 0.05) is 31.4 Å². The van der Waals surface area contributed by atoms with Crippen molar-refractivity contribution in [2.45, 2.75) is 45.1 Å². The average Bonchev–Trinajstić information content (AvgIpc) is 2.99. The predicted octanol–water partition coefficient (Wildman–Crippen LogP) is 1.49. The number of imidazole rings is 1. The smallest absolute Gasteiger partial charge is 0.239 e. The van der Waals surface area contributed by atoms with Crippen LogP contribution < -0.4 is 5.73 Å². The van der Waals surface area contributed by atoms with Crippen molar-refractivity contribution >= 4 is 5.91 Å². The van der Waals surface area contributed by atoms with Gasteiger partial charge in [-0.1, -0.05) is 20.3 Å². The molecular weight excluding hydrogens is 240 g/mol. The lowest BCUT2D eigenvalue weighted by molar-refractivity contribution is -0.135. The van der Waals surface area contributed by atoms with Crippen LogP contribution in [-0.2, 0) is 4.79 Å². The number of aromatic nitrogens is 2. The highest BCUT2D eigenvalue weighted by atomic mass is 16.2. The topological polar surface area (TPSA) is 75.0 Å². The average molecular weight is 264 g/mol. The van der Waals surface area contributed by atoms with Crippen molar-refractivity contribution in [3.05, 3.63) is 18.2 Å². The molecule has 0 saturated carbocycles. The quantitative estimate of drug-likeness (QED) is 0.865. The highest BCUT2D eigenvalue weighted by Crippen LogP contribution is 2.25. The molecule has 0 radical (unpaired) electrons. The van der Waals surface area contributed by atoms with Crippen molar-refractivity contribution in [2.24, 2.45) is 11.7 Å². The molecule has 0 bridgehead atoms. The minimum atomic E-state index is -0.375. The highest BCUT2D eigenvalue weighted by Gasteiger charge is 2.30. The van der Waals surface area contributed by atoms with Crippen LogP contribution in [0.25, 0.3) is 0 Å². The fourth-order valence-corrected chi connectivity index (χ4v) is 2.61. The first kappa shape index (κ1) is 14.1. The first-order valence-corrected chi connectivity index (χ1v) is 7.17. The largest absolute Gasteiger partial charge is 0.348 e. The van der Waals surface area contributed by atoms with E-state index in [2.05, 4.69) is 16.9 Å². The number of rotatable bonds is 4. The molecule has 0 spiro atoms. The molecule has 1 aliphatic heterocycles. The molecule has 1 fully saturated rings. The van der Waals surface area contributed by atoms with E-state index in [0.29, 0.717) is 5.92 Å². The number of piperidine rings is 1. The lowest BCUT2D eigenvalue weighted by atomic mass is 9.94. The van der Waals surface area contributed by atoms with Crippen molar-refractivity contribution in [3.63, 3.8) is 0 Å². The van der Waals surface area contributed by atoms with Crippen LogP contribution in [0.5, 0.6) is 0 Å². The van der Waals surface area contributed by atoms with E-state index in [-0.39, 0.29) is 17.9 Å². The molecule has 1 aromatic rings. The second-order valence-electron chi connectivity index (χ2n) is 5.51. The number of carbonyl (C=O) groups is 1. The van der Waals surface area contributed by atoms with Crippen LogP contribution in [0.3, 0.4) is 0 Å². The molecule has 1 amide bonds. The van der Waals surface area contributed by atoms with Gasteiger partial charge in [-0.25, -0.2) is 4.98 Å². The Labute approximate surface area is 114 Å². The van der Waals surface area contributed by atoms with E-state index in [1.165, 1.54) is 0 Å². The third-order valence-electron chi connectivity index (χ3n) is 4.18. The summed E-state index contributed by atoms with van der Waals surface area (Å²) in [5, 5.41) is 0. The number of aromatic amines is 1. The summed E-state index contributed by atoms with van der Waals surface area (Å²) in [4.78, 5) is 21.7. The minimum absolute atomic E-state index is 0.0885. The summed E-state index contributed by atoms with van der Waals surface area (Å²) in [6.45, 7) is 5.66. The monoisotopic (exact) mass is 264 g/mol. The van der Waals surface area contributed by atoms with Gasteiger partial charge in [-0.15, -0.1) is 0 Å². The molecule has 106 valence electrons. The Kier molecular flexibility index (Phi) is 4.58. The van der Waals surface area contributed by atoms with E-state index in [9.17, 15) is 4.79 Å². The van der Waals surface area contributed by atoms with Crippen LogP contribution >= 0.6 is 0 Å². The Morgan fingerprint density at radius 2 is 2.47 bits per heavy atom. The Morgan fingerprint density at radius 3 is 3.11 bits per heavy atom. The zero-order valence-corrected chi connectivity index (χ0v) is 11.8. The van der Waals surface area contributed by atoms with E-state index >= 15 is 0 Å². The maximum atomic E-state index is 12.4. The first-order chi connectivity index (χ1) is 9.13. The van der Waals surface area contributed by atoms with Crippen molar-refractivity contribution in [2.75, 3.05) is 13.1 Å². The van der Waals surface area contributed by atoms with Crippen LogP contribution in [0.1, 0.15) is 44.9 Å². The summed E-state index contributed by atoms with van der Waals surface area (Å²) in [5.41, 5.74) is 6.05. The van der Waals surface area contributed by atoms with Gasteiger partial charge in [-0.05, 0) is 18.8 Å². The molecule has 1 saturated heterocycles. The van der Waals surface area contributed by atoms with E-state index in [0.717, 1.165) is 38.2 Å². The molecule has 2 unspecified atom stereocenters. The number of amides is 1. The third kappa shape index (κ3) is 3.15. The molecule has 5 heteroatoms. The standard InChI is InChI=1S/C14H24N4O/c1-3-10(2)12(15)14(19)18-8-4-5-11(9-18)13-16-6-7-17-13/h6-7,10-12H,3-5,8-9,15H2,1-2H3,(H,16,17)/t10?,11?,12-/m0/s1. The van der Waals surface area contributed by atoms with Crippen LogP contribution in [0.4, 0.5) is 0 Å². The van der Waals surface area contributed by atoms with E-state index in [4.69, 9.17) is 5.73 Å². The molecule has 1 aromatic heterocycles. The van der Waals surface area contributed by atoms with E-state index in [1.54, 1.807) is 6.20 Å². The predicted molar refractivity (Wildman–Crippen MR) is 74.6 cm³/mol. The summed E-state index contributed by atoms with van der Waals surface area (Å²) in [5.74, 6) is 1.62. The molecule has 3 atom stereocenters. The number of hydrogen-bond donors (Lipinski definition) is 2. The van der Waals surface area contributed by atoms with Crippen LogP contribution in [-0.4, -0.2) is 39.9 Å². The first-order valence-electron chi connectivity index (χ1n) is 7.17. The van der Waals surface area contributed by atoms with Gasteiger partial charge in [0.25, 0.3) is 0 Å². The lowest BCUT2D eigenvalue weighted by Crippen LogP contribution is -2.50. The molecule has 1 aliphatic rings. The fourth-order valence-electron chi connectivity index (χ4n) is 2.61. The Balaban J connectivity index is 1.99. The van der Waals surface area contributed by atoms with Gasteiger partial charge in [0.15, 0.2) is 0 Å². The Bertz CT molecular complexity index is 404. The zero-order valence-electron chi connectivity index (χ0n) is 11.8. The maximum absolute atomic E-state index is 12.4. The summed E-state index contributed by atoms with van der Waals surface area (Å²) in [6, 6.07) is -0.375. The number of nitrogens with one attached hydrogen (secondary N) is 1. The second kappa shape index (κ2) is 6.19. The molecule has 3 N–H and O–H groups in total. The van der Waals surface area contributed by atoms with Crippen molar-refractivity contribution in [3.8, 4) is 0 Å². The molecule has 5 nitrogen and oxygen atoms in total. The molecule has 2 rings (SSSR count). The summed E-state index contributed by atoms with van der Waals surface area (Å²) in [6.07, 6.45) is 6.63. The van der Waals surface area contributed by atoms with Crippen LogP contribution in [0.2, 0.25) is 0 Å². The summed E-state index contributed by atoms with van der Waals surface area (Å²) < 4.78 is 0. The van der Waals surface area contributed by atoms with Gasteiger partial charge in [0.2, 0.25) is 5.91 Å². The van der Waals surface area contributed by atoms with Crippen molar-refractivity contribution in [1.82, 2.24) is 14.9 Å². The van der Waals surface area contributed by atoms with Gasteiger partial charge in [0.1, 0.15) is 5.82 Å². The van der Waals surface area contributed by atoms with Gasteiger partial charge in [-0.3, -0.25) is 4.79 Å². The van der Waals surface area contributed by atoms with Crippen molar-refractivity contribution in [1.29, 1.82) is 0 Å². The van der Waals surface area contributed by atoms with E-state index in [1.807, 2.05) is 18.0 Å². The number of nitrogens with zero attached hydrogens (tertiary/aromatic N) is 2. The fraction of sp³-hybridized carbons (Fsp3) is 0.714. The van der Waals surface area contributed by atoms with Gasteiger partial charge < -0.3 is 15.6 Å². The molecule has 0 aliphatic carbocycles. The number of carbonyl (C=O) groups excluding carboxylic acids is 1. The number of nitrogens with two attached hydrogens (primary N) is 1. The Hall–Kier alpha value is -1.36. The third-order valence-corrected chi connectivity index (χ3v) is 4.18. The molecule has 19 heavy (non-hydrogen) atoms. The van der Waals surface area contributed by atoms with Crippen molar-refractivity contribution < 1.29 is 4.79 Å². The number of hydrogen-bond acceptors (Lipinski definition) is 3. The Morgan fingerprint density at radius 1 is 1.68 bits per heavy atom. The molecule has 0 aromatic carbocycles. The van der Waals surface area contributed by atoms with E-state index < -0.39 is 0 Å². The zero-order chi connectivity index (χ0) is 13.8.